The van der Waals surface area contributed by atoms with Crippen LogP contribution in [0.25, 0.3) is 11.4 Å². The van der Waals surface area contributed by atoms with Gasteiger partial charge in [0.05, 0.1) is 11.4 Å². The summed E-state index contributed by atoms with van der Waals surface area (Å²) in [6.45, 7) is 5.19. The molecule has 153 valence electrons. The first-order valence-electron chi connectivity index (χ1n) is 10.7. The van der Waals surface area contributed by atoms with E-state index in [1.807, 2.05) is 43.3 Å². The van der Waals surface area contributed by atoms with E-state index in [0.29, 0.717) is 0 Å². The molecule has 4 heteroatoms. The Labute approximate surface area is 174 Å². The number of rotatable bonds is 13. The summed E-state index contributed by atoms with van der Waals surface area (Å²) in [5.74, 6) is 0.931. The molecular formula is C25H31N2O2. The van der Waals surface area contributed by atoms with Gasteiger partial charge in [-0.2, -0.15) is 0 Å². The van der Waals surface area contributed by atoms with Crippen molar-refractivity contribution in [1.82, 2.24) is 5.32 Å². The molecule has 1 radical (unpaired) electrons. The van der Waals surface area contributed by atoms with Gasteiger partial charge in [-0.1, -0.05) is 67.1 Å². The third-order valence-corrected chi connectivity index (χ3v) is 4.77. The van der Waals surface area contributed by atoms with Crippen LogP contribution in [-0.2, 0) is 9.47 Å². The van der Waals surface area contributed by atoms with Gasteiger partial charge in [-0.05, 0) is 26.2 Å². The zero-order valence-electron chi connectivity index (χ0n) is 17.3. The number of hydrogen-bond acceptors (Lipinski definition) is 3. The van der Waals surface area contributed by atoms with Gasteiger partial charge in [-0.25, -0.2) is 10.3 Å². The largest absolute Gasteiger partial charge is 0.382 e. The highest BCUT2D eigenvalue weighted by Crippen LogP contribution is 2.31. The Kier molecular flexibility index (Phi) is 8.95. The van der Waals surface area contributed by atoms with E-state index in [9.17, 15) is 0 Å². The van der Waals surface area contributed by atoms with Crippen LogP contribution < -0.4 is 5.32 Å². The van der Waals surface area contributed by atoms with Crippen molar-refractivity contribution >= 4 is 17.2 Å². The fourth-order valence-electron chi connectivity index (χ4n) is 3.27. The lowest BCUT2D eigenvalue weighted by atomic mass is 10.1. The second-order valence-corrected chi connectivity index (χ2v) is 7.04. The van der Waals surface area contributed by atoms with Crippen LogP contribution in [-0.4, -0.2) is 32.3 Å². The van der Waals surface area contributed by atoms with Crippen LogP contribution in [0.2, 0.25) is 0 Å². The summed E-state index contributed by atoms with van der Waals surface area (Å²) in [5, 5.41) is 4.88. The lowest BCUT2D eigenvalue weighted by Gasteiger charge is -2.06. The number of ether oxygens (including phenoxy) is 2. The molecule has 0 bridgehead atoms. The summed E-state index contributed by atoms with van der Waals surface area (Å²) in [6, 6.07) is 20.7. The van der Waals surface area contributed by atoms with Crippen molar-refractivity contribution in [2.45, 2.75) is 39.0 Å². The maximum atomic E-state index is 5.66. The van der Waals surface area contributed by atoms with Crippen molar-refractivity contribution in [3.63, 3.8) is 0 Å². The molecule has 0 amide bonds. The van der Waals surface area contributed by atoms with Gasteiger partial charge in [0.25, 0.3) is 0 Å². The van der Waals surface area contributed by atoms with E-state index in [0.717, 1.165) is 86.9 Å². The fourth-order valence-corrected chi connectivity index (χ4v) is 3.27. The zero-order chi connectivity index (χ0) is 20.2. The molecule has 0 spiro atoms. The quantitative estimate of drug-likeness (QED) is 0.421. The molecule has 1 aliphatic rings. The van der Waals surface area contributed by atoms with Crippen LogP contribution in [0.3, 0.4) is 0 Å². The molecule has 0 unspecified atom stereocenters. The van der Waals surface area contributed by atoms with Gasteiger partial charge < -0.3 is 9.47 Å². The van der Waals surface area contributed by atoms with Crippen LogP contribution in [0.1, 0.15) is 50.2 Å². The summed E-state index contributed by atoms with van der Waals surface area (Å²) >= 11 is 0. The Balaban J connectivity index is 1.46. The Morgan fingerprint density at radius 3 is 1.97 bits per heavy atom. The number of amidine groups is 1. The first kappa shape index (κ1) is 21.3. The summed E-state index contributed by atoms with van der Waals surface area (Å²) in [7, 11) is 0. The molecule has 2 aromatic carbocycles. The Morgan fingerprint density at radius 1 is 0.655 bits per heavy atom. The van der Waals surface area contributed by atoms with E-state index in [2.05, 4.69) is 24.3 Å². The smallest absolute Gasteiger partial charge is 0.129 e. The highest BCUT2D eigenvalue weighted by Gasteiger charge is 2.21. The molecule has 0 atom stereocenters. The van der Waals surface area contributed by atoms with E-state index >= 15 is 0 Å². The molecule has 0 saturated carbocycles. The van der Waals surface area contributed by atoms with Crippen LogP contribution >= 0.6 is 0 Å². The van der Waals surface area contributed by atoms with Gasteiger partial charge in [0.2, 0.25) is 0 Å². The third kappa shape index (κ3) is 6.84. The SMILES string of the molecule is CCOCCCOCCCCCC1=NC(c2ccccc2)=C(c2ccccc2)[N]1. The molecule has 0 saturated heterocycles. The minimum absolute atomic E-state index is 0.780. The van der Waals surface area contributed by atoms with Gasteiger partial charge in [-0.3, -0.25) is 0 Å². The molecular weight excluding hydrogens is 360 g/mol. The normalized spacial score (nSPS) is 13.5. The van der Waals surface area contributed by atoms with Crippen molar-refractivity contribution in [3.05, 3.63) is 71.8 Å². The molecule has 29 heavy (non-hydrogen) atoms. The van der Waals surface area contributed by atoms with Crippen LogP contribution in [0.4, 0.5) is 0 Å². The fraction of sp³-hybridized carbons (Fsp3) is 0.400. The third-order valence-electron chi connectivity index (χ3n) is 4.77. The topological polar surface area (TPSA) is 44.9 Å². The van der Waals surface area contributed by atoms with Crippen LogP contribution in [0.5, 0.6) is 0 Å². The van der Waals surface area contributed by atoms with E-state index in [1.165, 1.54) is 0 Å². The Bertz CT molecular complexity index is 785. The lowest BCUT2D eigenvalue weighted by Crippen LogP contribution is -2.10. The zero-order valence-corrected chi connectivity index (χ0v) is 17.3. The predicted octanol–water partition coefficient (Wildman–Crippen LogP) is 5.53. The van der Waals surface area contributed by atoms with E-state index in [1.54, 1.807) is 0 Å². The van der Waals surface area contributed by atoms with Crippen molar-refractivity contribution in [2.24, 2.45) is 4.99 Å². The lowest BCUT2D eigenvalue weighted by molar-refractivity contribution is 0.0861. The molecule has 0 aliphatic carbocycles. The number of unbranched alkanes of at least 4 members (excludes halogenated alkanes) is 2. The van der Waals surface area contributed by atoms with Crippen LogP contribution in [0.15, 0.2) is 65.7 Å². The molecule has 1 heterocycles. The monoisotopic (exact) mass is 391 g/mol. The first-order chi connectivity index (χ1) is 14.4. The minimum Gasteiger partial charge on any atom is -0.382 e. The molecule has 1 aliphatic heterocycles. The number of hydrogen-bond donors (Lipinski definition) is 0. The van der Waals surface area contributed by atoms with E-state index < -0.39 is 0 Å². The minimum atomic E-state index is 0.780. The average Bonchev–Trinajstić information content (AvgIpc) is 3.20. The summed E-state index contributed by atoms with van der Waals surface area (Å²) in [4.78, 5) is 4.88. The molecule has 2 aromatic rings. The summed E-state index contributed by atoms with van der Waals surface area (Å²) in [5.41, 5.74) is 4.19. The Hall–Kier alpha value is -2.43. The van der Waals surface area contributed by atoms with E-state index in [-0.39, 0.29) is 0 Å². The van der Waals surface area contributed by atoms with Crippen molar-refractivity contribution in [3.8, 4) is 0 Å². The molecule has 0 N–H and O–H groups in total. The van der Waals surface area contributed by atoms with Crippen LogP contribution in [0, 0.1) is 0 Å². The second-order valence-electron chi connectivity index (χ2n) is 7.04. The van der Waals surface area contributed by atoms with E-state index in [4.69, 9.17) is 19.8 Å². The average molecular weight is 392 g/mol. The molecule has 0 aromatic heterocycles. The van der Waals surface area contributed by atoms with Gasteiger partial charge in [0.1, 0.15) is 5.84 Å². The number of benzene rings is 2. The van der Waals surface area contributed by atoms with Gasteiger partial charge in [0.15, 0.2) is 0 Å². The number of nitrogens with zero attached hydrogens (tertiary/aromatic N) is 2. The van der Waals surface area contributed by atoms with Gasteiger partial charge in [-0.15, -0.1) is 0 Å². The standard InChI is InChI=1S/C25H31N2O2/c1-2-28-19-12-20-29-18-11-5-10-17-23-26-24(21-13-6-3-7-14-21)25(27-23)22-15-8-4-9-16-22/h3-4,6-9,13-16H,2,5,10-12,17-20H2,1H3. The first-order valence-corrected chi connectivity index (χ1v) is 10.7. The van der Waals surface area contributed by atoms with Crippen molar-refractivity contribution in [2.75, 3.05) is 26.4 Å². The summed E-state index contributed by atoms with van der Waals surface area (Å²) in [6.07, 6.45) is 5.15. The molecule has 3 rings (SSSR count). The summed E-state index contributed by atoms with van der Waals surface area (Å²) < 4.78 is 11.0. The van der Waals surface area contributed by atoms with Gasteiger partial charge >= 0.3 is 0 Å². The highest BCUT2D eigenvalue weighted by molar-refractivity contribution is 6.07. The molecule has 4 nitrogen and oxygen atoms in total. The highest BCUT2D eigenvalue weighted by atomic mass is 16.5. The predicted molar refractivity (Wildman–Crippen MR) is 120 cm³/mol. The number of aliphatic imine (C=N–C) groups is 1. The second kappa shape index (κ2) is 12.2. The molecule has 0 fully saturated rings. The van der Waals surface area contributed by atoms with Crippen molar-refractivity contribution < 1.29 is 9.47 Å². The maximum absolute atomic E-state index is 5.66. The maximum Gasteiger partial charge on any atom is 0.129 e. The van der Waals surface area contributed by atoms with Gasteiger partial charge in [0, 0.05) is 44.0 Å². The van der Waals surface area contributed by atoms with Crippen molar-refractivity contribution in [1.29, 1.82) is 0 Å². The Morgan fingerprint density at radius 2 is 1.28 bits per heavy atom.